The van der Waals surface area contributed by atoms with Crippen LogP contribution in [-0.4, -0.2) is 35.0 Å². The molecule has 1 N–H and O–H groups in total. The third-order valence-corrected chi connectivity index (χ3v) is 13.0. The van der Waals surface area contributed by atoms with Crippen LogP contribution in [0.25, 0.3) is 0 Å². The van der Waals surface area contributed by atoms with Crippen LogP contribution in [0, 0.1) is 55.4 Å². The molecule has 70 heavy (non-hydrogen) atoms. The van der Waals surface area contributed by atoms with E-state index >= 15 is 0 Å². The van der Waals surface area contributed by atoms with Crippen molar-refractivity contribution in [3.63, 3.8) is 0 Å². The molecule has 0 saturated heterocycles. The highest BCUT2D eigenvalue weighted by atomic mass is 32.2. The molecule has 8 heteroatoms. The second-order valence-corrected chi connectivity index (χ2v) is 27.3. The first-order valence-corrected chi connectivity index (χ1v) is 26.7. The Kier molecular flexibility index (Phi) is 22.6. The third-order valence-electron chi connectivity index (χ3n) is 11.9. The van der Waals surface area contributed by atoms with E-state index in [0.29, 0.717) is 4.90 Å². The van der Waals surface area contributed by atoms with Crippen molar-refractivity contribution >= 4 is 9.84 Å². The van der Waals surface area contributed by atoms with E-state index in [4.69, 9.17) is 4.52 Å². The van der Waals surface area contributed by atoms with Gasteiger partial charge in [0.2, 0.25) is 0 Å². The van der Waals surface area contributed by atoms with Crippen molar-refractivity contribution in [3.8, 4) is 0 Å². The number of rotatable bonds is 1. The average molecular weight is 978 g/mol. The minimum Gasteiger partial charge on any atom is -0.361 e. The van der Waals surface area contributed by atoms with E-state index in [-0.39, 0.29) is 32.5 Å². The summed E-state index contributed by atoms with van der Waals surface area (Å²) in [6, 6.07) is 26.8. The number of pyridine rings is 1. The van der Waals surface area contributed by atoms with Gasteiger partial charge in [-0.2, -0.15) is 5.10 Å². The molecule has 0 aliphatic carbocycles. The molecule has 6 rings (SSSR count). The molecule has 0 spiro atoms. The molecule has 0 radical (unpaired) electrons. The summed E-state index contributed by atoms with van der Waals surface area (Å²) in [6.07, 6.45) is 3.19. The van der Waals surface area contributed by atoms with Gasteiger partial charge >= 0.3 is 0 Å². The first-order valence-electron chi connectivity index (χ1n) is 24.8. The van der Waals surface area contributed by atoms with Gasteiger partial charge in [0.1, 0.15) is 5.76 Å². The molecule has 388 valence electrons. The fraction of sp³-hybridized carbons (Fsp3) is 0.532. The SMILES string of the molecule is CC(C)(C)c1cccc(S(C)(=O)=O)c1.Cc1cc(C(C)(C)C)n[nH]1.Cc1cc(C(C)(C)C)no1.Cc1ccc(C(C)(C)C)cc1C.Cc1ccc(C(C)(C)C)cc1C.Cc1cnc(C(C)(C)C)cc1C. The summed E-state index contributed by atoms with van der Waals surface area (Å²) < 4.78 is 27.6. The van der Waals surface area contributed by atoms with Crippen molar-refractivity contribution in [1.29, 1.82) is 0 Å². The van der Waals surface area contributed by atoms with Crippen LogP contribution in [0.15, 0.2) is 94.5 Å². The van der Waals surface area contributed by atoms with E-state index in [1.54, 1.807) is 18.2 Å². The molecular formula is C62H96N4O3S. The Hall–Kier alpha value is -4.82. The summed E-state index contributed by atoms with van der Waals surface area (Å²) in [6.45, 7) is 55.8. The van der Waals surface area contributed by atoms with E-state index in [1.807, 2.05) is 32.2 Å². The predicted octanol–water partition coefficient (Wildman–Crippen LogP) is 16.9. The van der Waals surface area contributed by atoms with Gasteiger partial charge in [-0.1, -0.05) is 178 Å². The maximum atomic E-state index is 11.3. The zero-order valence-electron chi connectivity index (χ0n) is 49.1. The van der Waals surface area contributed by atoms with Crippen LogP contribution >= 0.6 is 0 Å². The van der Waals surface area contributed by atoms with Gasteiger partial charge in [0, 0.05) is 46.2 Å². The van der Waals surface area contributed by atoms with E-state index in [2.05, 4.69) is 235 Å². The first-order chi connectivity index (χ1) is 31.4. The Bertz CT molecular complexity index is 2460. The van der Waals surface area contributed by atoms with Crippen molar-refractivity contribution in [3.05, 3.63) is 164 Å². The van der Waals surface area contributed by atoms with Gasteiger partial charge in [0.15, 0.2) is 9.84 Å². The largest absolute Gasteiger partial charge is 0.361 e. The molecule has 0 saturated carbocycles. The second-order valence-electron chi connectivity index (χ2n) is 25.3. The van der Waals surface area contributed by atoms with Crippen LogP contribution in [-0.2, 0) is 42.3 Å². The second kappa shape index (κ2) is 25.0. The number of hydrogen-bond donors (Lipinski definition) is 1. The molecule has 0 fully saturated rings. The highest BCUT2D eigenvalue weighted by molar-refractivity contribution is 7.90. The molecule has 0 unspecified atom stereocenters. The van der Waals surface area contributed by atoms with Gasteiger partial charge in [-0.3, -0.25) is 10.1 Å². The molecule has 0 bridgehead atoms. The summed E-state index contributed by atoms with van der Waals surface area (Å²) in [5.41, 5.74) is 17.5. The highest BCUT2D eigenvalue weighted by Crippen LogP contribution is 2.27. The minimum atomic E-state index is -3.09. The zero-order chi connectivity index (χ0) is 54.6. The first kappa shape index (κ1) is 63.2. The quantitative estimate of drug-likeness (QED) is 0.176. The summed E-state index contributed by atoms with van der Waals surface area (Å²) in [5, 5.41) is 11.0. The number of nitrogens with one attached hydrogen (secondary N) is 1. The van der Waals surface area contributed by atoms with E-state index < -0.39 is 9.84 Å². The van der Waals surface area contributed by atoms with E-state index in [1.165, 1.54) is 56.5 Å². The van der Waals surface area contributed by atoms with Crippen LogP contribution in [0.2, 0.25) is 0 Å². The predicted molar refractivity (Wildman–Crippen MR) is 302 cm³/mol. The maximum Gasteiger partial charge on any atom is 0.175 e. The molecule has 0 aliphatic rings. The Balaban J connectivity index is 0.000000421. The standard InChI is InChI=1S/2C12H18.C11H17N.C11H16O2S.C8H14N2.C8H13NO/c2*1-9-6-7-11(8-10(9)2)12(3,4)5;1-8-6-10(11(3,4)5)12-7-9(8)2;1-11(2,3)9-6-5-7-10(8-9)14(4,12)13;1-6-5-7(10-9-6)8(2,3)4;1-6-5-7(9-10-6)8(2,3)4/h2*6-8H,1-5H3;6-7H,1-5H3;5-8H,1-4H3;5H,1-4H3,(H,9,10);5H,1-4H3. The van der Waals surface area contributed by atoms with Gasteiger partial charge in [-0.05, 0) is 146 Å². The normalized spacial score (nSPS) is 12.0. The number of nitrogens with zero attached hydrogens (tertiary/aromatic N) is 3. The Morgan fingerprint density at radius 1 is 0.429 bits per heavy atom. The Labute approximate surface area is 428 Å². The van der Waals surface area contributed by atoms with Crippen LogP contribution < -0.4 is 0 Å². The van der Waals surface area contributed by atoms with Crippen LogP contribution in [0.4, 0.5) is 0 Å². The van der Waals surface area contributed by atoms with Crippen molar-refractivity contribution in [1.82, 2.24) is 20.3 Å². The fourth-order valence-electron chi connectivity index (χ4n) is 6.17. The number of hydrogen-bond acceptors (Lipinski definition) is 6. The van der Waals surface area contributed by atoms with Crippen LogP contribution in [0.3, 0.4) is 0 Å². The van der Waals surface area contributed by atoms with Gasteiger partial charge in [-0.15, -0.1) is 0 Å². The van der Waals surface area contributed by atoms with Crippen molar-refractivity contribution in [2.75, 3.05) is 6.26 Å². The number of sulfone groups is 1. The number of aromatic amines is 1. The molecule has 3 heterocycles. The number of aromatic nitrogens is 4. The molecule has 6 aromatic rings. The molecule has 0 aliphatic heterocycles. The van der Waals surface area contributed by atoms with Crippen molar-refractivity contribution in [2.45, 2.75) is 217 Å². The minimum absolute atomic E-state index is 0.0132. The molecule has 0 atom stereocenters. The summed E-state index contributed by atoms with van der Waals surface area (Å²) >= 11 is 0. The highest BCUT2D eigenvalue weighted by Gasteiger charge is 2.20. The molecular weight excluding hydrogens is 881 g/mol. The fourth-order valence-corrected chi connectivity index (χ4v) is 6.83. The van der Waals surface area contributed by atoms with Crippen LogP contribution in [0.1, 0.15) is 203 Å². The molecule has 3 aromatic carbocycles. The molecule has 7 nitrogen and oxygen atoms in total. The Morgan fingerprint density at radius 3 is 1.13 bits per heavy atom. The third kappa shape index (κ3) is 22.5. The average Bonchev–Trinajstić information content (AvgIpc) is 3.86. The van der Waals surface area contributed by atoms with Crippen molar-refractivity contribution < 1.29 is 12.9 Å². The van der Waals surface area contributed by atoms with E-state index in [0.717, 1.165) is 28.4 Å². The zero-order valence-corrected chi connectivity index (χ0v) is 49.9. The lowest BCUT2D eigenvalue weighted by molar-refractivity contribution is 0.375. The molecule has 3 aromatic heterocycles. The van der Waals surface area contributed by atoms with E-state index in [9.17, 15) is 8.42 Å². The maximum absolute atomic E-state index is 11.3. The number of benzene rings is 3. The number of H-pyrrole nitrogens is 1. The van der Waals surface area contributed by atoms with Gasteiger partial charge in [-0.25, -0.2) is 8.42 Å². The molecule has 0 amide bonds. The summed E-state index contributed by atoms with van der Waals surface area (Å²) in [5.74, 6) is 0.880. The lowest BCUT2D eigenvalue weighted by atomic mass is 9.85. The summed E-state index contributed by atoms with van der Waals surface area (Å²) in [4.78, 5) is 4.80. The number of aryl methyl sites for hydroxylation is 8. The van der Waals surface area contributed by atoms with Gasteiger partial charge < -0.3 is 4.52 Å². The van der Waals surface area contributed by atoms with Gasteiger partial charge in [0.25, 0.3) is 0 Å². The summed E-state index contributed by atoms with van der Waals surface area (Å²) in [7, 11) is -3.09. The van der Waals surface area contributed by atoms with Crippen LogP contribution in [0.5, 0.6) is 0 Å². The lowest BCUT2D eigenvalue weighted by Crippen LogP contribution is -2.13. The topological polar surface area (TPSA) is 102 Å². The monoisotopic (exact) mass is 977 g/mol. The lowest BCUT2D eigenvalue weighted by Gasteiger charge is -2.19. The Morgan fingerprint density at radius 2 is 0.843 bits per heavy atom. The van der Waals surface area contributed by atoms with Gasteiger partial charge in [0.05, 0.1) is 16.3 Å². The smallest absolute Gasteiger partial charge is 0.175 e. The van der Waals surface area contributed by atoms with Crippen molar-refractivity contribution in [2.24, 2.45) is 0 Å².